The van der Waals surface area contributed by atoms with Crippen molar-refractivity contribution in [2.45, 2.75) is 19.3 Å². The molecule has 5 heterocycles. The molecule has 1 atom stereocenters. The van der Waals surface area contributed by atoms with Crippen LogP contribution < -0.4 is 4.90 Å². The van der Waals surface area contributed by atoms with Gasteiger partial charge in [-0.3, -0.25) is 14.5 Å². The van der Waals surface area contributed by atoms with Gasteiger partial charge in [0.2, 0.25) is 5.91 Å². The minimum Gasteiger partial charge on any atom is -0.355 e. The summed E-state index contributed by atoms with van der Waals surface area (Å²) in [5, 5.41) is 5.32. The van der Waals surface area contributed by atoms with Crippen LogP contribution >= 0.6 is 0 Å². The Labute approximate surface area is 163 Å². The van der Waals surface area contributed by atoms with Gasteiger partial charge >= 0.3 is 0 Å². The Balaban J connectivity index is 1.58. The van der Waals surface area contributed by atoms with Crippen molar-refractivity contribution < 1.29 is 4.79 Å². The molecule has 3 aromatic heterocycles. The summed E-state index contributed by atoms with van der Waals surface area (Å²) in [4.78, 5) is 30.8. The van der Waals surface area contributed by atoms with Crippen molar-refractivity contribution in [3.63, 3.8) is 0 Å². The van der Waals surface area contributed by atoms with Crippen molar-refractivity contribution in [2.24, 2.45) is 12.5 Å². The van der Waals surface area contributed by atoms with Gasteiger partial charge in [-0.25, -0.2) is 9.97 Å². The molecule has 5 rings (SSSR count). The van der Waals surface area contributed by atoms with Crippen LogP contribution in [0.15, 0.2) is 30.7 Å². The van der Waals surface area contributed by atoms with Gasteiger partial charge in [-0.15, -0.1) is 0 Å². The molecule has 1 spiro atoms. The summed E-state index contributed by atoms with van der Waals surface area (Å²) in [7, 11) is 3.80. The van der Waals surface area contributed by atoms with Crippen LogP contribution in [0.1, 0.15) is 19.3 Å². The third kappa shape index (κ3) is 2.55. The van der Waals surface area contributed by atoms with Crippen LogP contribution in [0.5, 0.6) is 0 Å². The van der Waals surface area contributed by atoms with E-state index in [9.17, 15) is 4.79 Å². The molecule has 1 amide bonds. The maximum atomic E-state index is 12.9. The second kappa shape index (κ2) is 6.25. The van der Waals surface area contributed by atoms with E-state index in [4.69, 9.17) is 9.97 Å². The molecule has 2 aliphatic rings. The van der Waals surface area contributed by atoms with Gasteiger partial charge in [0.1, 0.15) is 5.82 Å². The van der Waals surface area contributed by atoms with Gasteiger partial charge in [0, 0.05) is 51.7 Å². The average Bonchev–Trinajstić information content (AvgIpc) is 3.31. The summed E-state index contributed by atoms with van der Waals surface area (Å²) in [6.07, 6.45) is 8.18. The smallest absolute Gasteiger partial charge is 0.230 e. The fourth-order valence-electron chi connectivity index (χ4n) is 4.58. The second-order valence-corrected chi connectivity index (χ2v) is 7.89. The third-order valence-corrected chi connectivity index (χ3v) is 6.11. The lowest BCUT2D eigenvalue weighted by atomic mass is 9.78. The van der Waals surface area contributed by atoms with Crippen LogP contribution in [0.2, 0.25) is 0 Å². The molecule has 8 heteroatoms. The van der Waals surface area contributed by atoms with Crippen molar-refractivity contribution in [1.82, 2.24) is 29.6 Å². The Hall–Kier alpha value is -3.03. The van der Waals surface area contributed by atoms with E-state index in [2.05, 4.69) is 15.0 Å². The molecular weight excluding hydrogens is 354 g/mol. The first kappa shape index (κ1) is 17.1. The minimum atomic E-state index is -0.288. The zero-order valence-corrected chi connectivity index (χ0v) is 16.2. The molecule has 2 saturated heterocycles. The van der Waals surface area contributed by atoms with E-state index in [0.29, 0.717) is 12.4 Å². The highest BCUT2D eigenvalue weighted by molar-refractivity contribution is 5.90. The number of pyridine rings is 1. The van der Waals surface area contributed by atoms with Gasteiger partial charge in [-0.05, 0) is 31.4 Å². The normalized spacial score (nSPS) is 22.6. The van der Waals surface area contributed by atoms with Gasteiger partial charge in [0.05, 0.1) is 17.0 Å². The maximum absolute atomic E-state index is 12.9. The van der Waals surface area contributed by atoms with Crippen LogP contribution in [-0.2, 0) is 11.8 Å². The highest BCUT2D eigenvalue weighted by atomic mass is 16.2. The van der Waals surface area contributed by atoms with Gasteiger partial charge in [0.15, 0.2) is 11.5 Å². The highest BCUT2D eigenvalue weighted by Crippen LogP contribution is 2.42. The van der Waals surface area contributed by atoms with Crippen LogP contribution in [0.4, 0.5) is 5.82 Å². The number of hydrogen-bond donors (Lipinski definition) is 0. The summed E-state index contributed by atoms with van der Waals surface area (Å²) < 4.78 is 1.77. The van der Waals surface area contributed by atoms with Crippen LogP contribution in [0, 0.1) is 5.41 Å². The number of anilines is 1. The SMILES string of the molecule is CN1CCC[C@@]2(CCN(c3nc(-c4ccncc4)nc4c3cnn4C)C2)C1=O. The molecule has 3 aromatic rings. The molecule has 144 valence electrons. The van der Waals surface area contributed by atoms with E-state index in [1.54, 1.807) is 17.1 Å². The third-order valence-electron chi connectivity index (χ3n) is 6.11. The molecular formula is C20H23N7O. The van der Waals surface area contributed by atoms with E-state index in [1.807, 2.05) is 37.3 Å². The Bertz CT molecular complexity index is 1050. The first-order chi connectivity index (χ1) is 13.6. The molecule has 28 heavy (non-hydrogen) atoms. The van der Waals surface area contributed by atoms with Crippen molar-refractivity contribution >= 4 is 22.8 Å². The lowest BCUT2D eigenvalue weighted by Crippen LogP contribution is -2.48. The van der Waals surface area contributed by atoms with Crippen molar-refractivity contribution in [1.29, 1.82) is 0 Å². The summed E-state index contributed by atoms with van der Waals surface area (Å²) in [5.41, 5.74) is 1.43. The Morgan fingerprint density at radius 2 is 1.89 bits per heavy atom. The molecule has 0 unspecified atom stereocenters. The highest BCUT2D eigenvalue weighted by Gasteiger charge is 2.48. The number of carbonyl (C=O) groups excluding carboxylic acids is 1. The van der Waals surface area contributed by atoms with Crippen LogP contribution in [0.25, 0.3) is 22.4 Å². The first-order valence-electron chi connectivity index (χ1n) is 9.68. The molecule has 0 radical (unpaired) electrons. The number of aryl methyl sites for hydroxylation is 1. The Morgan fingerprint density at radius 1 is 1.07 bits per heavy atom. The fourth-order valence-corrected chi connectivity index (χ4v) is 4.58. The number of fused-ring (bicyclic) bond motifs is 1. The number of carbonyl (C=O) groups is 1. The number of amides is 1. The van der Waals surface area contributed by atoms with Gasteiger partial charge < -0.3 is 9.80 Å². The van der Waals surface area contributed by atoms with Crippen molar-refractivity contribution in [2.75, 3.05) is 31.6 Å². The van der Waals surface area contributed by atoms with Crippen LogP contribution in [-0.4, -0.2) is 62.2 Å². The van der Waals surface area contributed by atoms with E-state index in [0.717, 1.165) is 54.8 Å². The standard InChI is InChI=1S/C20H23N7O/c1-25-10-3-6-20(19(25)28)7-11-27(13-20)18-15-12-22-26(2)17(15)23-16(24-18)14-4-8-21-9-5-14/h4-5,8-9,12H,3,6-7,10-11,13H2,1-2H3/t20-/m0/s1. The number of piperidine rings is 1. The molecule has 0 aliphatic carbocycles. The molecule has 0 N–H and O–H groups in total. The second-order valence-electron chi connectivity index (χ2n) is 7.89. The van der Waals surface area contributed by atoms with E-state index in [-0.39, 0.29) is 11.3 Å². The molecule has 0 saturated carbocycles. The van der Waals surface area contributed by atoms with Crippen molar-refractivity contribution in [3.8, 4) is 11.4 Å². The van der Waals surface area contributed by atoms with E-state index >= 15 is 0 Å². The zero-order chi connectivity index (χ0) is 19.3. The molecule has 2 fully saturated rings. The maximum Gasteiger partial charge on any atom is 0.230 e. The number of likely N-dealkylation sites (tertiary alicyclic amines) is 1. The lowest BCUT2D eigenvalue weighted by Gasteiger charge is -2.37. The molecule has 0 bridgehead atoms. The first-order valence-corrected chi connectivity index (χ1v) is 9.68. The average molecular weight is 377 g/mol. The quantitative estimate of drug-likeness (QED) is 0.678. The summed E-state index contributed by atoms with van der Waals surface area (Å²) in [5.74, 6) is 1.79. The largest absolute Gasteiger partial charge is 0.355 e. The number of hydrogen-bond acceptors (Lipinski definition) is 6. The summed E-state index contributed by atoms with van der Waals surface area (Å²) in [6, 6.07) is 3.82. The Morgan fingerprint density at radius 3 is 2.71 bits per heavy atom. The van der Waals surface area contributed by atoms with Crippen LogP contribution in [0.3, 0.4) is 0 Å². The monoisotopic (exact) mass is 377 g/mol. The minimum absolute atomic E-state index is 0.270. The lowest BCUT2D eigenvalue weighted by molar-refractivity contribution is -0.143. The van der Waals surface area contributed by atoms with Gasteiger partial charge in [-0.2, -0.15) is 5.10 Å². The van der Waals surface area contributed by atoms with E-state index in [1.165, 1.54) is 0 Å². The molecule has 0 aromatic carbocycles. The zero-order valence-electron chi connectivity index (χ0n) is 16.2. The summed E-state index contributed by atoms with van der Waals surface area (Å²) >= 11 is 0. The predicted molar refractivity (Wildman–Crippen MR) is 106 cm³/mol. The van der Waals surface area contributed by atoms with Gasteiger partial charge in [0.25, 0.3) is 0 Å². The predicted octanol–water partition coefficient (Wildman–Crippen LogP) is 1.87. The number of nitrogens with zero attached hydrogens (tertiary/aromatic N) is 7. The number of aromatic nitrogens is 5. The topological polar surface area (TPSA) is 80.0 Å². The van der Waals surface area contributed by atoms with Crippen molar-refractivity contribution in [3.05, 3.63) is 30.7 Å². The van der Waals surface area contributed by atoms with Gasteiger partial charge in [-0.1, -0.05) is 0 Å². The molecule has 8 nitrogen and oxygen atoms in total. The molecule has 2 aliphatic heterocycles. The Kier molecular flexibility index (Phi) is 3.82. The van der Waals surface area contributed by atoms with E-state index < -0.39 is 0 Å². The summed E-state index contributed by atoms with van der Waals surface area (Å²) in [6.45, 7) is 2.37. The fraction of sp³-hybridized carbons (Fsp3) is 0.450. The number of rotatable bonds is 2.